The van der Waals surface area contributed by atoms with E-state index >= 15 is 0 Å². The Hall–Kier alpha value is -2.35. The molecule has 0 spiro atoms. The quantitative estimate of drug-likeness (QED) is 0.642. The summed E-state index contributed by atoms with van der Waals surface area (Å²) >= 11 is 1.52. The van der Waals surface area contributed by atoms with Crippen molar-refractivity contribution in [1.82, 2.24) is 25.0 Å². The van der Waals surface area contributed by atoms with Crippen LogP contribution in [0.1, 0.15) is 18.7 Å². The molecule has 0 aliphatic carbocycles. The van der Waals surface area contributed by atoms with E-state index in [1.165, 1.54) is 11.8 Å². The van der Waals surface area contributed by atoms with Crippen LogP contribution in [0.3, 0.4) is 0 Å². The third-order valence-corrected chi connectivity index (χ3v) is 4.23. The molecule has 0 amide bonds. The number of aromatic nitrogens is 5. The van der Waals surface area contributed by atoms with Gasteiger partial charge in [-0.1, -0.05) is 23.9 Å². The van der Waals surface area contributed by atoms with E-state index in [9.17, 15) is 0 Å². The first-order valence-electron chi connectivity index (χ1n) is 7.21. The Morgan fingerprint density at radius 3 is 2.70 bits per heavy atom. The second kappa shape index (κ2) is 6.82. The molecule has 23 heavy (non-hydrogen) atoms. The van der Waals surface area contributed by atoms with Crippen molar-refractivity contribution in [1.29, 1.82) is 0 Å². The number of methoxy groups -OCH3 is 1. The molecule has 0 radical (unpaired) electrons. The lowest BCUT2D eigenvalue weighted by Gasteiger charge is -2.09. The Bertz CT molecular complexity index is 799. The SMILES string of the molecule is CCn1c(SCc2nnc(C)o2)nnc1-c1ccccc1OC. The van der Waals surface area contributed by atoms with Crippen molar-refractivity contribution in [2.24, 2.45) is 0 Å². The fraction of sp³-hybridized carbons (Fsp3) is 0.333. The normalized spacial score (nSPS) is 10.9. The molecule has 7 nitrogen and oxygen atoms in total. The van der Waals surface area contributed by atoms with E-state index in [0.717, 1.165) is 28.8 Å². The minimum Gasteiger partial charge on any atom is -0.496 e. The molecule has 1 aromatic carbocycles. The summed E-state index contributed by atoms with van der Waals surface area (Å²) in [5.41, 5.74) is 0.921. The summed E-state index contributed by atoms with van der Waals surface area (Å²) < 4.78 is 12.9. The summed E-state index contributed by atoms with van der Waals surface area (Å²) in [5.74, 6) is 3.27. The zero-order valence-electron chi connectivity index (χ0n) is 13.2. The van der Waals surface area contributed by atoms with Gasteiger partial charge in [-0.05, 0) is 19.1 Å². The van der Waals surface area contributed by atoms with Crippen molar-refractivity contribution in [3.8, 4) is 17.1 Å². The minimum atomic E-state index is 0.560. The van der Waals surface area contributed by atoms with Crippen LogP contribution in [0.4, 0.5) is 0 Å². The number of thioether (sulfide) groups is 1. The number of nitrogens with zero attached hydrogens (tertiary/aromatic N) is 5. The van der Waals surface area contributed by atoms with Crippen molar-refractivity contribution in [2.45, 2.75) is 31.3 Å². The number of benzene rings is 1. The maximum absolute atomic E-state index is 5.42. The molecule has 2 aromatic heterocycles. The molecule has 0 N–H and O–H groups in total. The number of rotatable bonds is 6. The molecule has 3 aromatic rings. The number of aryl methyl sites for hydroxylation is 1. The summed E-state index contributed by atoms with van der Waals surface area (Å²) in [7, 11) is 1.65. The van der Waals surface area contributed by atoms with Crippen LogP contribution >= 0.6 is 11.8 Å². The van der Waals surface area contributed by atoms with E-state index < -0.39 is 0 Å². The number of ether oxygens (including phenoxy) is 1. The first-order valence-corrected chi connectivity index (χ1v) is 8.19. The standard InChI is InChI=1S/C15H17N5O2S/c1-4-20-14(11-7-5-6-8-12(11)21-3)18-19-15(20)23-9-13-17-16-10(2)22-13/h5-8H,4,9H2,1-3H3. The molecule has 8 heteroatoms. The van der Waals surface area contributed by atoms with Crippen molar-refractivity contribution >= 4 is 11.8 Å². The molecular weight excluding hydrogens is 314 g/mol. The number of para-hydroxylation sites is 1. The Morgan fingerprint density at radius 1 is 1.17 bits per heavy atom. The van der Waals surface area contributed by atoms with Crippen LogP contribution < -0.4 is 4.74 Å². The van der Waals surface area contributed by atoms with Crippen LogP contribution in [-0.2, 0) is 12.3 Å². The predicted molar refractivity (Wildman–Crippen MR) is 86.3 cm³/mol. The van der Waals surface area contributed by atoms with Gasteiger partial charge in [-0.15, -0.1) is 20.4 Å². The minimum absolute atomic E-state index is 0.560. The summed E-state index contributed by atoms with van der Waals surface area (Å²) in [5, 5.41) is 17.3. The first kappa shape index (κ1) is 15.5. The molecule has 0 aliphatic heterocycles. The molecule has 3 rings (SSSR count). The highest BCUT2D eigenvalue weighted by atomic mass is 32.2. The van der Waals surface area contributed by atoms with Gasteiger partial charge in [-0.3, -0.25) is 0 Å². The Morgan fingerprint density at radius 2 is 2.00 bits per heavy atom. The number of hydrogen-bond donors (Lipinski definition) is 0. The van der Waals surface area contributed by atoms with Crippen LogP contribution in [0.2, 0.25) is 0 Å². The maximum atomic E-state index is 5.42. The van der Waals surface area contributed by atoms with Gasteiger partial charge >= 0.3 is 0 Å². The molecule has 0 atom stereocenters. The summed E-state index contributed by atoms with van der Waals surface area (Å²) in [6.45, 7) is 4.59. The van der Waals surface area contributed by atoms with Gasteiger partial charge in [-0.2, -0.15) is 0 Å². The van der Waals surface area contributed by atoms with E-state index in [1.54, 1.807) is 14.0 Å². The van der Waals surface area contributed by atoms with Gasteiger partial charge in [0.2, 0.25) is 11.8 Å². The lowest BCUT2D eigenvalue weighted by molar-refractivity contribution is 0.416. The highest BCUT2D eigenvalue weighted by Gasteiger charge is 2.17. The molecule has 0 fully saturated rings. The lowest BCUT2D eigenvalue weighted by Crippen LogP contribution is -2.01. The maximum Gasteiger partial charge on any atom is 0.226 e. The molecular formula is C15H17N5O2S. The highest BCUT2D eigenvalue weighted by Crippen LogP contribution is 2.31. The molecule has 0 unspecified atom stereocenters. The Kier molecular flexibility index (Phi) is 4.61. The highest BCUT2D eigenvalue weighted by molar-refractivity contribution is 7.98. The Labute approximate surface area is 138 Å². The van der Waals surface area contributed by atoms with Crippen LogP contribution in [0, 0.1) is 6.92 Å². The Balaban J connectivity index is 1.87. The molecule has 0 saturated carbocycles. The fourth-order valence-electron chi connectivity index (χ4n) is 2.23. The summed E-state index contributed by atoms with van der Waals surface area (Å²) in [6, 6.07) is 7.78. The molecule has 0 aliphatic rings. The monoisotopic (exact) mass is 331 g/mol. The van der Waals surface area contributed by atoms with Crippen molar-refractivity contribution < 1.29 is 9.15 Å². The van der Waals surface area contributed by atoms with Gasteiger partial charge < -0.3 is 13.7 Å². The second-order valence-electron chi connectivity index (χ2n) is 4.75. The molecule has 0 saturated heterocycles. The van der Waals surface area contributed by atoms with Crippen LogP contribution in [0.5, 0.6) is 5.75 Å². The van der Waals surface area contributed by atoms with E-state index in [0.29, 0.717) is 17.5 Å². The predicted octanol–water partition coefficient (Wildman–Crippen LogP) is 2.96. The van der Waals surface area contributed by atoms with Crippen molar-refractivity contribution in [3.05, 3.63) is 36.0 Å². The van der Waals surface area contributed by atoms with E-state index in [2.05, 4.69) is 27.3 Å². The third kappa shape index (κ3) is 3.21. The zero-order valence-corrected chi connectivity index (χ0v) is 14.0. The van der Waals surface area contributed by atoms with Gasteiger partial charge in [0.15, 0.2) is 11.0 Å². The molecule has 120 valence electrons. The first-order chi connectivity index (χ1) is 11.2. The van der Waals surface area contributed by atoms with Crippen LogP contribution in [0.25, 0.3) is 11.4 Å². The summed E-state index contributed by atoms with van der Waals surface area (Å²) in [6.07, 6.45) is 0. The smallest absolute Gasteiger partial charge is 0.226 e. The zero-order chi connectivity index (χ0) is 16.2. The number of hydrogen-bond acceptors (Lipinski definition) is 7. The van der Waals surface area contributed by atoms with Gasteiger partial charge in [0.1, 0.15) is 5.75 Å². The van der Waals surface area contributed by atoms with Crippen molar-refractivity contribution in [3.63, 3.8) is 0 Å². The second-order valence-corrected chi connectivity index (χ2v) is 5.70. The van der Waals surface area contributed by atoms with Gasteiger partial charge in [0.25, 0.3) is 0 Å². The van der Waals surface area contributed by atoms with Crippen LogP contribution in [-0.4, -0.2) is 32.1 Å². The van der Waals surface area contributed by atoms with Crippen molar-refractivity contribution in [2.75, 3.05) is 7.11 Å². The van der Waals surface area contributed by atoms with Gasteiger partial charge in [0, 0.05) is 13.5 Å². The van der Waals surface area contributed by atoms with E-state index in [4.69, 9.17) is 9.15 Å². The molecule has 0 bridgehead atoms. The van der Waals surface area contributed by atoms with Crippen LogP contribution in [0.15, 0.2) is 33.8 Å². The largest absolute Gasteiger partial charge is 0.496 e. The van der Waals surface area contributed by atoms with Gasteiger partial charge in [-0.25, -0.2) is 0 Å². The fourth-order valence-corrected chi connectivity index (χ4v) is 3.07. The summed E-state index contributed by atoms with van der Waals surface area (Å²) in [4.78, 5) is 0. The lowest BCUT2D eigenvalue weighted by atomic mass is 10.2. The van der Waals surface area contributed by atoms with E-state index in [1.807, 2.05) is 28.8 Å². The molecule has 2 heterocycles. The average molecular weight is 331 g/mol. The van der Waals surface area contributed by atoms with E-state index in [-0.39, 0.29) is 0 Å². The topological polar surface area (TPSA) is 78.9 Å². The third-order valence-electron chi connectivity index (χ3n) is 3.27. The van der Waals surface area contributed by atoms with Gasteiger partial charge in [0.05, 0.1) is 18.4 Å². The average Bonchev–Trinajstić information content (AvgIpc) is 3.18.